The lowest BCUT2D eigenvalue weighted by molar-refractivity contribution is -0.120. The molecule has 1 N–H and O–H groups in total. The highest BCUT2D eigenvalue weighted by atomic mass is 16.3. The number of ketones is 3. The Morgan fingerprint density at radius 1 is 0.316 bits per heavy atom. The number of benzene rings is 8. The molecule has 0 aliphatic heterocycles. The van der Waals surface area contributed by atoms with Crippen LogP contribution in [-0.2, 0) is 65.8 Å². The maximum Gasteiger partial charge on any atom is 0.132 e. The number of phenols is 1. The zero-order valence-corrected chi connectivity index (χ0v) is 58.2. The van der Waals surface area contributed by atoms with Gasteiger partial charge in [0.05, 0.1) is 0 Å². The fraction of sp³-hybridized carbons (Fsp3) is 0.396. The van der Waals surface area contributed by atoms with Crippen LogP contribution in [0.1, 0.15) is 240 Å². The molecular formula is C91H108O4. The molecule has 0 saturated carbocycles. The molecule has 8 aromatic rings. The first kappa shape index (κ1) is 71.3. The van der Waals surface area contributed by atoms with E-state index in [1.165, 1.54) is 163 Å². The summed E-state index contributed by atoms with van der Waals surface area (Å²) >= 11 is 0. The second-order valence-electron chi connectivity index (χ2n) is 27.8. The van der Waals surface area contributed by atoms with Crippen molar-refractivity contribution < 1.29 is 19.5 Å². The first-order valence-electron chi connectivity index (χ1n) is 36.8. The predicted molar refractivity (Wildman–Crippen MR) is 403 cm³/mol. The second kappa shape index (κ2) is 38.6. The smallest absolute Gasteiger partial charge is 0.132 e. The molecule has 4 nitrogen and oxygen atoms in total. The maximum absolute atomic E-state index is 12.5. The zero-order valence-electron chi connectivity index (χ0n) is 58.2. The fourth-order valence-corrected chi connectivity index (χ4v) is 14.1. The van der Waals surface area contributed by atoms with Crippen LogP contribution in [0.15, 0.2) is 187 Å². The summed E-state index contributed by atoms with van der Waals surface area (Å²) in [6, 6.07) is 61.1. The lowest BCUT2D eigenvalue weighted by Crippen LogP contribution is -1.99. The van der Waals surface area contributed by atoms with E-state index in [1.807, 2.05) is 12.1 Å². The van der Waals surface area contributed by atoms with Gasteiger partial charge in [-0.05, 0) is 237 Å². The molecule has 0 heterocycles. The number of allylic oxidation sites excluding steroid dienone is 3. The highest BCUT2D eigenvalue weighted by Crippen LogP contribution is 2.33. The Labute approximate surface area is 571 Å². The van der Waals surface area contributed by atoms with Crippen molar-refractivity contribution in [3.05, 3.63) is 259 Å². The van der Waals surface area contributed by atoms with Crippen molar-refractivity contribution in [1.29, 1.82) is 0 Å². The Morgan fingerprint density at radius 2 is 0.695 bits per heavy atom. The molecular weight excluding hydrogens is 1160 g/mol. The van der Waals surface area contributed by atoms with Crippen LogP contribution in [-0.4, -0.2) is 22.5 Å². The van der Waals surface area contributed by atoms with Gasteiger partial charge >= 0.3 is 0 Å². The molecule has 95 heavy (non-hydrogen) atoms. The molecule has 0 fully saturated rings. The van der Waals surface area contributed by atoms with Crippen LogP contribution in [0.5, 0.6) is 5.75 Å². The van der Waals surface area contributed by atoms with E-state index >= 15 is 0 Å². The number of rotatable bonds is 36. The molecule has 0 spiro atoms. The zero-order chi connectivity index (χ0) is 66.4. The van der Waals surface area contributed by atoms with Gasteiger partial charge in [-0.1, -0.05) is 256 Å². The number of carbonyl (C=O) groups excluding carboxylic acids is 3. The van der Waals surface area contributed by atoms with Crippen LogP contribution >= 0.6 is 0 Å². The van der Waals surface area contributed by atoms with Crippen LogP contribution in [0.2, 0.25) is 0 Å². The quantitative estimate of drug-likeness (QED) is 0.0397. The number of hydrogen-bond donors (Lipinski definition) is 1. The third-order valence-corrected chi connectivity index (χ3v) is 19.6. The van der Waals surface area contributed by atoms with Gasteiger partial charge in [-0.2, -0.15) is 0 Å². The van der Waals surface area contributed by atoms with Crippen molar-refractivity contribution in [3.63, 3.8) is 0 Å². The van der Waals surface area contributed by atoms with E-state index in [-0.39, 0.29) is 0 Å². The third kappa shape index (κ3) is 24.3. The van der Waals surface area contributed by atoms with Crippen LogP contribution < -0.4 is 0 Å². The predicted octanol–water partition coefficient (Wildman–Crippen LogP) is 23.9. The molecule has 0 bridgehead atoms. The summed E-state index contributed by atoms with van der Waals surface area (Å²) in [7, 11) is 0. The summed E-state index contributed by atoms with van der Waals surface area (Å²) in [5, 5.41) is 12.3. The molecule has 0 aromatic heterocycles. The van der Waals surface area contributed by atoms with E-state index < -0.39 is 0 Å². The average molecular weight is 1270 g/mol. The molecule has 4 heteroatoms. The molecule has 0 atom stereocenters. The maximum atomic E-state index is 12.5. The average Bonchev–Trinajstić information content (AvgIpc) is 1.89. The van der Waals surface area contributed by atoms with Crippen LogP contribution in [0.25, 0.3) is 40.1 Å². The first-order valence-corrected chi connectivity index (χ1v) is 36.8. The third-order valence-electron chi connectivity index (χ3n) is 19.6. The summed E-state index contributed by atoms with van der Waals surface area (Å²) in [5.74, 6) is 1.56. The Bertz CT molecular complexity index is 3870. The molecule has 496 valence electrons. The summed E-state index contributed by atoms with van der Waals surface area (Å²) in [4.78, 5) is 37.0. The number of aryl methyl sites for hydroxylation is 7. The van der Waals surface area contributed by atoms with Gasteiger partial charge in [0.1, 0.15) is 23.1 Å². The number of Topliss-reactive ketones (excluding diaryl/α,β-unsaturated/α-hetero) is 3. The Kier molecular flexibility index (Phi) is 29.0. The van der Waals surface area contributed by atoms with Crippen LogP contribution in [0.3, 0.4) is 0 Å². The Balaban J connectivity index is 0.000000169. The van der Waals surface area contributed by atoms with Crippen molar-refractivity contribution in [2.75, 3.05) is 0 Å². The second-order valence-corrected chi connectivity index (χ2v) is 27.8. The Morgan fingerprint density at radius 3 is 1.17 bits per heavy atom. The summed E-state index contributed by atoms with van der Waals surface area (Å²) < 4.78 is 0. The molecule has 8 aromatic carbocycles. The minimum absolute atomic E-state index is 0.320. The lowest BCUT2D eigenvalue weighted by Gasteiger charge is -2.08. The first-order chi connectivity index (χ1) is 46.4. The summed E-state index contributed by atoms with van der Waals surface area (Å²) in [6.07, 6.45) is 39.7. The van der Waals surface area contributed by atoms with Gasteiger partial charge in [0.15, 0.2) is 0 Å². The van der Waals surface area contributed by atoms with Crippen molar-refractivity contribution in [2.45, 2.75) is 233 Å². The number of aromatic hydroxyl groups is 1. The van der Waals surface area contributed by atoms with Gasteiger partial charge in [-0.3, -0.25) is 14.4 Å². The normalized spacial score (nSPS) is 12.6. The van der Waals surface area contributed by atoms with Gasteiger partial charge in [-0.25, -0.2) is 0 Å². The minimum Gasteiger partial charge on any atom is -0.508 e. The molecule has 0 amide bonds. The molecule has 11 rings (SSSR count). The number of hydrogen-bond acceptors (Lipinski definition) is 4. The number of fused-ring (bicyclic) bond motifs is 4. The molecule has 0 saturated heterocycles. The highest BCUT2D eigenvalue weighted by molar-refractivity contribution is 5.84. The van der Waals surface area contributed by atoms with E-state index in [0.29, 0.717) is 48.8 Å². The van der Waals surface area contributed by atoms with Crippen molar-refractivity contribution in [2.24, 2.45) is 0 Å². The van der Waals surface area contributed by atoms with Crippen molar-refractivity contribution in [3.8, 4) is 16.9 Å². The van der Waals surface area contributed by atoms with Gasteiger partial charge in [0.2, 0.25) is 0 Å². The monoisotopic (exact) mass is 1260 g/mol. The molecule has 3 aliphatic carbocycles. The van der Waals surface area contributed by atoms with Crippen molar-refractivity contribution >= 4 is 46.4 Å². The van der Waals surface area contributed by atoms with Crippen molar-refractivity contribution in [1.82, 2.24) is 0 Å². The van der Waals surface area contributed by atoms with Crippen LogP contribution in [0.4, 0.5) is 0 Å². The van der Waals surface area contributed by atoms with E-state index in [9.17, 15) is 19.5 Å². The van der Waals surface area contributed by atoms with E-state index in [0.717, 1.165) is 128 Å². The topological polar surface area (TPSA) is 71.4 Å². The van der Waals surface area contributed by atoms with Gasteiger partial charge < -0.3 is 5.11 Å². The van der Waals surface area contributed by atoms with E-state index in [2.05, 4.69) is 198 Å². The largest absolute Gasteiger partial charge is 0.508 e. The van der Waals surface area contributed by atoms with Gasteiger partial charge in [-0.15, -0.1) is 0 Å². The van der Waals surface area contributed by atoms with E-state index in [1.54, 1.807) is 6.07 Å². The van der Waals surface area contributed by atoms with Gasteiger partial charge in [0.25, 0.3) is 0 Å². The van der Waals surface area contributed by atoms with Crippen LogP contribution in [0, 0.1) is 13.8 Å². The summed E-state index contributed by atoms with van der Waals surface area (Å²) in [5.41, 5.74) is 24.5. The number of unbranched alkanes of at least 4 members (excludes halogenated alkanes) is 7. The highest BCUT2D eigenvalue weighted by Gasteiger charge is 2.17. The minimum atomic E-state index is 0.320. The molecule has 0 radical (unpaired) electrons. The fourth-order valence-electron chi connectivity index (χ4n) is 14.1. The standard InChI is InChI=1S/C34H40O.C31H36O2.C26H32O/c1-3-4-5-10-27-11-6-15-30(22-27)31-16-7-12-28(23-31)13-8-17-34(35)18-9-14-29-24-32-20-19-26(2)21-33(32)25-29;1-2-3-4-7-23-12-14-26-15-13-24(19-28(26)18-23)8-5-10-30(32)11-6-9-25-20-27-16-17-31(33)22-29(27)21-25;1-21-16-17-24-19-23(20-25(24)18-21)13-9-15-26(27)14-8-3-2-5-10-22-11-6-4-7-12-22/h6-7,11-12,15-16,19-23,25H,3-5,8-10,13-14,17-18,24H2,1-2H3;12-19,21-22,33H,2-11,20H2,1H3;4,6-7,11-12,16-18,20H,2-3,5,8-10,13-15,19H2,1H3. The SMILES string of the molecule is CCCCCc1ccc2ccc(CCCC(=O)CCCC3=Cc4cc(O)ccc4C3)cc2c1.CCCCCc1cccc(-c2cccc(CCCC(=O)CCCC3=Cc4cc(C)ccc4C3)c2)c1.Cc1ccc2c(c1)C=C(CCCC(=O)CCCCCCc1ccccc1)C2. The van der Waals surface area contributed by atoms with Gasteiger partial charge in [0, 0.05) is 38.5 Å². The Hall–Kier alpha value is -7.95. The molecule has 3 aliphatic rings. The summed E-state index contributed by atoms with van der Waals surface area (Å²) in [6.45, 7) is 8.79. The lowest BCUT2D eigenvalue weighted by atomic mass is 9.97. The number of phenolic OH excluding ortho intramolecular Hbond substituents is 1. The number of carbonyl (C=O) groups is 3. The van der Waals surface area contributed by atoms with E-state index in [4.69, 9.17) is 0 Å². The molecule has 0 unspecified atom stereocenters.